The summed E-state index contributed by atoms with van der Waals surface area (Å²) in [7, 11) is 1.64. The zero-order chi connectivity index (χ0) is 15.2. The molecule has 0 aliphatic carbocycles. The molecule has 1 aliphatic heterocycles. The van der Waals surface area contributed by atoms with Gasteiger partial charge in [0.15, 0.2) is 11.5 Å². The van der Waals surface area contributed by atoms with E-state index in [0.717, 1.165) is 21.6 Å². The van der Waals surface area contributed by atoms with Crippen LogP contribution in [0.1, 0.15) is 17.4 Å². The molecule has 2 aromatic heterocycles. The summed E-state index contributed by atoms with van der Waals surface area (Å²) in [5, 5.41) is 2.02. The van der Waals surface area contributed by atoms with E-state index in [-0.39, 0.29) is 11.9 Å². The van der Waals surface area contributed by atoms with Crippen molar-refractivity contribution in [2.45, 2.75) is 19.4 Å². The largest absolute Gasteiger partial charge is 0.369 e. The van der Waals surface area contributed by atoms with Crippen LogP contribution in [0.2, 0.25) is 0 Å². The first-order valence-corrected chi connectivity index (χ1v) is 7.44. The summed E-state index contributed by atoms with van der Waals surface area (Å²) in [6.07, 6.45) is 3.64. The van der Waals surface area contributed by atoms with Gasteiger partial charge in [0.2, 0.25) is 0 Å². The summed E-state index contributed by atoms with van der Waals surface area (Å²) >= 11 is 1.52. The Bertz CT molecular complexity index is 752. The number of aromatic nitrogens is 1. The summed E-state index contributed by atoms with van der Waals surface area (Å²) < 4.78 is 0. The lowest BCUT2D eigenvalue weighted by molar-refractivity contribution is -0.129. The topological polar surface area (TPSA) is 71.6 Å². The van der Waals surface area contributed by atoms with Crippen molar-refractivity contribution in [2.75, 3.05) is 7.05 Å². The molecule has 5 nitrogen and oxygen atoms in total. The third-order valence-corrected chi connectivity index (χ3v) is 4.83. The average Bonchev–Trinajstić information content (AvgIpc) is 3.01. The molecule has 1 unspecified atom stereocenters. The molecule has 0 spiro atoms. The molecule has 1 amide bonds. The van der Waals surface area contributed by atoms with Gasteiger partial charge in [-0.25, -0.2) is 4.99 Å². The molecule has 1 atom stereocenters. The number of nitrogens with two attached hydrogens (primary N) is 1. The second-order valence-corrected chi connectivity index (χ2v) is 6.27. The first-order chi connectivity index (χ1) is 9.91. The van der Waals surface area contributed by atoms with Crippen molar-refractivity contribution in [3.8, 4) is 11.1 Å². The molecule has 108 valence electrons. The summed E-state index contributed by atoms with van der Waals surface area (Å²) in [4.78, 5) is 23.2. The number of aliphatic imine (C=N–C) groups is 1. The van der Waals surface area contributed by atoms with Gasteiger partial charge in [0.05, 0.1) is 0 Å². The van der Waals surface area contributed by atoms with Crippen molar-refractivity contribution in [1.29, 1.82) is 0 Å². The standard InChI is InChI=1S/C15H16N4OS/c1-9-4-10(7-17-6-9)11-5-12(21-8-11)15(2)13(20)19(3)14(16)18-15/h4-8H,1-3H3,(H2,16,18). The Morgan fingerprint density at radius 2 is 2.05 bits per heavy atom. The maximum absolute atomic E-state index is 12.4. The molecule has 3 rings (SSSR count). The van der Waals surface area contributed by atoms with Gasteiger partial charge in [0, 0.05) is 29.9 Å². The van der Waals surface area contributed by atoms with Crippen LogP contribution >= 0.6 is 11.3 Å². The summed E-state index contributed by atoms with van der Waals surface area (Å²) in [5.74, 6) is 0.158. The zero-order valence-electron chi connectivity index (χ0n) is 12.1. The van der Waals surface area contributed by atoms with E-state index in [1.807, 2.05) is 30.8 Å². The highest BCUT2D eigenvalue weighted by Gasteiger charge is 2.44. The highest BCUT2D eigenvalue weighted by atomic mass is 32.1. The van der Waals surface area contributed by atoms with Crippen LogP contribution in [0.3, 0.4) is 0 Å². The number of rotatable bonds is 2. The quantitative estimate of drug-likeness (QED) is 0.923. The number of carbonyl (C=O) groups excluding carboxylic acids is 1. The minimum atomic E-state index is -0.918. The van der Waals surface area contributed by atoms with Crippen LogP contribution in [0.4, 0.5) is 0 Å². The van der Waals surface area contributed by atoms with Gasteiger partial charge in [0.1, 0.15) is 0 Å². The highest BCUT2D eigenvalue weighted by molar-refractivity contribution is 7.10. The van der Waals surface area contributed by atoms with E-state index in [0.29, 0.717) is 0 Å². The number of likely N-dealkylation sites (N-methyl/N-ethyl adjacent to an activating group) is 1. The minimum absolute atomic E-state index is 0.101. The molecular weight excluding hydrogens is 284 g/mol. The van der Waals surface area contributed by atoms with E-state index in [4.69, 9.17) is 5.73 Å². The number of carbonyl (C=O) groups is 1. The second-order valence-electron chi connectivity index (χ2n) is 5.36. The van der Waals surface area contributed by atoms with E-state index < -0.39 is 5.54 Å². The number of nitrogens with zero attached hydrogens (tertiary/aromatic N) is 3. The molecule has 21 heavy (non-hydrogen) atoms. The Kier molecular flexibility index (Phi) is 3.06. The minimum Gasteiger partial charge on any atom is -0.369 e. The molecular formula is C15H16N4OS. The summed E-state index contributed by atoms with van der Waals surface area (Å²) in [6.45, 7) is 3.81. The van der Waals surface area contributed by atoms with Crippen molar-refractivity contribution in [1.82, 2.24) is 9.88 Å². The van der Waals surface area contributed by atoms with Gasteiger partial charge in [-0.1, -0.05) is 0 Å². The zero-order valence-corrected chi connectivity index (χ0v) is 12.9. The molecule has 0 fully saturated rings. The van der Waals surface area contributed by atoms with Gasteiger partial charge < -0.3 is 5.73 Å². The van der Waals surface area contributed by atoms with Crippen LogP contribution in [0.25, 0.3) is 11.1 Å². The number of guanidine groups is 1. The first kappa shape index (κ1) is 13.8. The van der Waals surface area contributed by atoms with Crippen molar-refractivity contribution < 1.29 is 4.79 Å². The number of thiophene rings is 1. The van der Waals surface area contributed by atoms with Crippen LogP contribution < -0.4 is 5.73 Å². The van der Waals surface area contributed by atoms with Gasteiger partial charge in [0.25, 0.3) is 5.91 Å². The SMILES string of the molecule is Cc1cncc(-c2csc(C3(C)N=C(N)N(C)C3=O)c2)c1. The normalized spacial score (nSPS) is 21.8. The fourth-order valence-corrected chi connectivity index (χ4v) is 3.41. The maximum atomic E-state index is 12.4. The van der Waals surface area contributed by atoms with Crippen LogP contribution in [-0.4, -0.2) is 28.8 Å². The van der Waals surface area contributed by atoms with E-state index >= 15 is 0 Å². The van der Waals surface area contributed by atoms with Crippen LogP contribution in [0.5, 0.6) is 0 Å². The monoisotopic (exact) mass is 300 g/mol. The first-order valence-electron chi connectivity index (χ1n) is 6.56. The van der Waals surface area contributed by atoms with Gasteiger partial charge >= 0.3 is 0 Å². The molecule has 1 aliphatic rings. The smallest absolute Gasteiger partial charge is 0.262 e. The average molecular weight is 300 g/mol. The highest BCUT2D eigenvalue weighted by Crippen LogP contribution is 2.38. The Hall–Kier alpha value is -2.21. The molecule has 0 bridgehead atoms. The van der Waals surface area contributed by atoms with Crippen molar-refractivity contribution in [2.24, 2.45) is 10.7 Å². The Balaban J connectivity index is 2.01. The van der Waals surface area contributed by atoms with Crippen LogP contribution in [-0.2, 0) is 10.3 Å². The molecule has 2 aromatic rings. The van der Waals surface area contributed by atoms with E-state index in [1.54, 1.807) is 14.0 Å². The third kappa shape index (κ3) is 2.12. The second kappa shape index (κ2) is 4.66. The lowest BCUT2D eigenvalue weighted by Crippen LogP contribution is -2.38. The van der Waals surface area contributed by atoms with E-state index in [9.17, 15) is 4.79 Å². The third-order valence-electron chi connectivity index (χ3n) is 3.69. The lowest BCUT2D eigenvalue weighted by Gasteiger charge is -2.17. The van der Waals surface area contributed by atoms with Crippen LogP contribution in [0.15, 0.2) is 34.9 Å². The van der Waals surface area contributed by atoms with Gasteiger partial charge in [-0.2, -0.15) is 0 Å². The number of hydrogen-bond acceptors (Lipinski definition) is 5. The van der Waals surface area contributed by atoms with Gasteiger partial charge in [-0.05, 0) is 42.5 Å². The lowest BCUT2D eigenvalue weighted by atomic mass is 9.99. The number of hydrogen-bond donors (Lipinski definition) is 1. The predicted molar refractivity (Wildman–Crippen MR) is 84.0 cm³/mol. The molecule has 3 heterocycles. The number of aryl methyl sites for hydroxylation is 1. The van der Waals surface area contributed by atoms with Gasteiger partial charge in [-0.15, -0.1) is 11.3 Å². The molecule has 6 heteroatoms. The summed E-state index contributed by atoms with van der Waals surface area (Å²) in [6, 6.07) is 4.07. The summed E-state index contributed by atoms with van der Waals surface area (Å²) in [5.41, 5.74) is 8.04. The Labute approximate surface area is 127 Å². The van der Waals surface area contributed by atoms with Crippen molar-refractivity contribution >= 4 is 23.2 Å². The Morgan fingerprint density at radius 3 is 2.67 bits per heavy atom. The predicted octanol–water partition coefficient (Wildman–Crippen LogP) is 2.12. The van der Waals surface area contributed by atoms with E-state index in [2.05, 4.69) is 16.0 Å². The number of pyridine rings is 1. The molecule has 0 saturated heterocycles. The Morgan fingerprint density at radius 1 is 1.29 bits per heavy atom. The fourth-order valence-electron chi connectivity index (χ4n) is 2.40. The van der Waals surface area contributed by atoms with Crippen molar-refractivity contribution in [3.05, 3.63) is 40.3 Å². The molecule has 2 N–H and O–H groups in total. The van der Waals surface area contributed by atoms with Crippen molar-refractivity contribution in [3.63, 3.8) is 0 Å². The fraction of sp³-hybridized carbons (Fsp3) is 0.267. The van der Waals surface area contributed by atoms with E-state index in [1.165, 1.54) is 16.2 Å². The molecule has 0 aromatic carbocycles. The van der Waals surface area contributed by atoms with Crippen LogP contribution in [0, 0.1) is 6.92 Å². The molecule has 0 radical (unpaired) electrons. The molecule has 0 saturated carbocycles. The number of amides is 1. The van der Waals surface area contributed by atoms with Gasteiger partial charge in [-0.3, -0.25) is 14.7 Å². The maximum Gasteiger partial charge on any atom is 0.262 e.